The Balaban J connectivity index is 1.35. The summed E-state index contributed by atoms with van der Waals surface area (Å²) in [6, 6.07) is 18.4. The highest BCUT2D eigenvalue weighted by Crippen LogP contribution is 2.68. The number of hydrogen-bond acceptors (Lipinski definition) is 6. The second-order valence-electron chi connectivity index (χ2n) is 16.2. The van der Waals surface area contributed by atoms with Gasteiger partial charge in [-0.2, -0.15) is 0 Å². The number of fused-ring (bicyclic) bond motifs is 5. The predicted octanol–water partition coefficient (Wildman–Crippen LogP) is 7.77. The van der Waals surface area contributed by atoms with Crippen molar-refractivity contribution in [2.75, 3.05) is 17.7 Å². The number of carbonyl (C=O) groups is 4. The second kappa shape index (κ2) is 15.3. The molecule has 0 spiro atoms. The molecule has 276 valence electrons. The van der Waals surface area contributed by atoms with Gasteiger partial charge in [0.05, 0.1) is 7.11 Å². The van der Waals surface area contributed by atoms with Crippen molar-refractivity contribution in [2.45, 2.75) is 104 Å². The third-order valence-electron chi connectivity index (χ3n) is 13.6. The molecule has 4 aliphatic rings. The molecule has 0 bridgehead atoms. The van der Waals surface area contributed by atoms with Gasteiger partial charge in [0.15, 0.2) is 0 Å². The van der Waals surface area contributed by atoms with Crippen molar-refractivity contribution in [3.8, 4) is 0 Å². The zero-order chi connectivity index (χ0) is 36.3. The lowest BCUT2D eigenvalue weighted by Crippen LogP contribution is -2.67. The van der Waals surface area contributed by atoms with E-state index < -0.39 is 0 Å². The first-order chi connectivity index (χ1) is 24.4. The maximum Gasteiger partial charge on any atom is 0.319 e. The Labute approximate surface area is 302 Å². The third-order valence-corrected chi connectivity index (χ3v) is 13.6. The highest BCUT2D eigenvalue weighted by molar-refractivity contribution is 5.90. The van der Waals surface area contributed by atoms with E-state index >= 15 is 0 Å². The van der Waals surface area contributed by atoms with E-state index in [0.29, 0.717) is 6.42 Å². The second-order valence-corrected chi connectivity index (χ2v) is 16.2. The van der Waals surface area contributed by atoms with Crippen LogP contribution >= 0.6 is 0 Å². The molecule has 10 nitrogen and oxygen atoms in total. The van der Waals surface area contributed by atoms with E-state index in [1.54, 1.807) is 0 Å². The van der Waals surface area contributed by atoms with Crippen molar-refractivity contribution >= 4 is 35.4 Å². The summed E-state index contributed by atoms with van der Waals surface area (Å²) in [4.78, 5) is 51.8. The summed E-state index contributed by atoms with van der Waals surface area (Å²) >= 11 is 0. The number of benzene rings is 2. The normalized spacial score (nSPS) is 34.4. The van der Waals surface area contributed by atoms with Gasteiger partial charge in [0.25, 0.3) is 0 Å². The van der Waals surface area contributed by atoms with Crippen molar-refractivity contribution in [2.24, 2.45) is 46.3 Å². The standard InChI is InChI=1S/C41H56N4O6/c1-25(16-19-36(47)50-5)31-17-18-32-37-33(24-35(41(31,32)4)45-39(49)43-29-14-10-7-11-15-29)40(3)21-20-30(51-26(2)46)22-27(40)23-34(37)44-38(48)42-28-12-8-6-9-13-28/h6-15,25,27,30-35,37H,16-24H2,1-5H3,(H2,42,44,48)(H2,43,45,49)/t25-,27+,30-,31-,32+,33+,34-,35+,37+,40+,41-/m1/s1. The van der Waals surface area contributed by atoms with Crippen LogP contribution in [0, 0.1) is 46.3 Å². The van der Waals surface area contributed by atoms with Crippen LogP contribution in [0.3, 0.4) is 0 Å². The lowest BCUT2D eigenvalue weighted by Gasteiger charge is -2.65. The van der Waals surface area contributed by atoms with Crippen molar-refractivity contribution in [3.05, 3.63) is 60.7 Å². The summed E-state index contributed by atoms with van der Waals surface area (Å²) in [6.07, 6.45) is 7.00. The highest BCUT2D eigenvalue weighted by atomic mass is 16.5. The Morgan fingerprint density at radius 3 is 2.06 bits per heavy atom. The van der Waals surface area contributed by atoms with Gasteiger partial charge in [0.2, 0.25) is 0 Å². The van der Waals surface area contributed by atoms with Gasteiger partial charge in [-0.1, -0.05) is 57.2 Å². The van der Waals surface area contributed by atoms with Crippen molar-refractivity contribution in [1.29, 1.82) is 0 Å². The molecule has 0 radical (unpaired) electrons. The zero-order valence-corrected chi connectivity index (χ0v) is 30.8. The number of esters is 2. The molecular formula is C41H56N4O6. The molecule has 6 rings (SSSR count). The largest absolute Gasteiger partial charge is 0.469 e. The van der Waals surface area contributed by atoms with E-state index in [2.05, 4.69) is 42.0 Å². The Kier molecular flexibility index (Phi) is 11.0. The maximum absolute atomic E-state index is 13.8. The Hall–Kier alpha value is -4.08. The number of para-hydroxylation sites is 2. The first-order valence-corrected chi connectivity index (χ1v) is 18.9. The third kappa shape index (κ3) is 7.61. The van der Waals surface area contributed by atoms with Crippen LogP contribution in [0.4, 0.5) is 21.0 Å². The number of urea groups is 2. The molecule has 4 N–H and O–H groups in total. The molecule has 2 aromatic rings. The molecule has 4 amide bonds. The Morgan fingerprint density at radius 1 is 0.824 bits per heavy atom. The van der Waals surface area contributed by atoms with Gasteiger partial charge in [-0.25, -0.2) is 9.59 Å². The van der Waals surface area contributed by atoms with Gasteiger partial charge >= 0.3 is 24.0 Å². The minimum atomic E-state index is -0.279. The van der Waals surface area contributed by atoms with Crippen LogP contribution in [-0.2, 0) is 19.1 Å². The monoisotopic (exact) mass is 700 g/mol. The lowest BCUT2D eigenvalue weighted by molar-refractivity contribution is -0.166. The van der Waals surface area contributed by atoms with E-state index in [9.17, 15) is 19.2 Å². The molecule has 10 heteroatoms. The molecule has 11 atom stereocenters. The lowest BCUT2D eigenvalue weighted by atomic mass is 9.42. The first kappa shape index (κ1) is 36.7. The molecule has 0 saturated heterocycles. The van der Waals surface area contributed by atoms with Crippen molar-refractivity contribution in [3.63, 3.8) is 0 Å². The van der Waals surface area contributed by atoms with Crippen LogP contribution < -0.4 is 21.3 Å². The van der Waals surface area contributed by atoms with Crippen LogP contribution in [0.1, 0.15) is 85.5 Å². The fraction of sp³-hybridized carbons (Fsp3) is 0.610. The molecular weight excluding hydrogens is 644 g/mol. The molecule has 0 aliphatic heterocycles. The number of ether oxygens (including phenoxy) is 2. The minimum absolute atomic E-state index is 0.0544. The molecule has 2 aromatic carbocycles. The van der Waals surface area contributed by atoms with Crippen molar-refractivity contribution < 1.29 is 28.7 Å². The number of rotatable bonds is 9. The van der Waals surface area contributed by atoms with Gasteiger partial charge in [-0.05, 0) is 122 Å². The summed E-state index contributed by atoms with van der Waals surface area (Å²) in [5.41, 5.74) is 1.14. The van der Waals surface area contributed by atoms with E-state index in [1.807, 2.05) is 60.7 Å². The van der Waals surface area contributed by atoms with E-state index in [0.717, 1.165) is 62.7 Å². The molecule has 4 fully saturated rings. The summed E-state index contributed by atoms with van der Waals surface area (Å²) in [5.74, 6) is 0.918. The number of hydrogen-bond donors (Lipinski definition) is 4. The van der Waals surface area contributed by atoms with E-state index in [4.69, 9.17) is 9.47 Å². The van der Waals surface area contributed by atoms with Gasteiger partial charge in [0, 0.05) is 36.8 Å². The van der Waals surface area contributed by atoms with Crippen LogP contribution in [0.2, 0.25) is 0 Å². The van der Waals surface area contributed by atoms with Crippen LogP contribution in [-0.4, -0.2) is 49.3 Å². The molecule has 4 saturated carbocycles. The van der Waals surface area contributed by atoms with Crippen LogP contribution in [0.5, 0.6) is 0 Å². The number of anilines is 2. The van der Waals surface area contributed by atoms with Crippen LogP contribution in [0.25, 0.3) is 0 Å². The quantitative estimate of drug-likeness (QED) is 0.198. The fourth-order valence-electron chi connectivity index (χ4n) is 11.3. The Bertz CT molecular complexity index is 1560. The van der Waals surface area contributed by atoms with Crippen molar-refractivity contribution in [1.82, 2.24) is 10.6 Å². The number of nitrogens with one attached hydrogen (secondary N) is 4. The molecule has 51 heavy (non-hydrogen) atoms. The summed E-state index contributed by atoms with van der Waals surface area (Å²) < 4.78 is 10.8. The zero-order valence-electron chi connectivity index (χ0n) is 30.8. The van der Waals surface area contributed by atoms with Gasteiger partial charge in [-0.15, -0.1) is 0 Å². The van der Waals surface area contributed by atoms with E-state index in [1.165, 1.54) is 14.0 Å². The SMILES string of the molecule is COC(=O)CC[C@@H](C)[C@H]1CC[C@H]2[C@@H]3[C@H](NC(=O)Nc4ccccc4)C[C@@H]4C[C@H](OC(C)=O)CC[C@]4(C)[C@H]3C[C@H](NC(=O)Nc3ccccc3)[C@]12C. The van der Waals surface area contributed by atoms with E-state index in [-0.39, 0.29) is 88.5 Å². The van der Waals surface area contributed by atoms with Gasteiger partial charge in [0.1, 0.15) is 6.10 Å². The highest BCUT2D eigenvalue weighted by Gasteiger charge is 2.66. The fourth-order valence-corrected chi connectivity index (χ4v) is 11.3. The number of carbonyl (C=O) groups excluding carboxylic acids is 4. The average molecular weight is 701 g/mol. The number of methoxy groups -OCH3 is 1. The molecule has 0 aromatic heterocycles. The molecule has 0 heterocycles. The maximum atomic E-state index is 13.8. The topological polar surface area (TPSA) is 135 Å². The summed E-state index contributed by atoms with van der Waals surface area (Å²) in [7, 11) is 1.43. The number of amides is 4. The summed E-state index contributed by atoms with van der Waals surface area (Å²) in [5, 5.41) is 13.1. The predicted molar refractivity (Wildman–Crippen MR) is 197 cm³/mol. The van der Waals surface area contributed by atoms with Gasteiger partial charge in [-0.3, -0.25) is 9.59 Å². The summed E-state index contributed by atoms with van der Waals surface area (Å²) in [6.45, 7) is 8.49. The van der Waals surface area contributed by atoms with Crippen LogP contribution in [0.15, 0.2) is 60.7 Å². The molecule has 4 aliphatic carbocycles. The average Bonchev–Trinajstić information content (AvgIpc) is 3.46. The Morgan fingerprint density at radius 2 is 1.45 bits per heavy atom. The smallest absolute Gasteiger partial charge is 0.319 e. The minimum Gasteiger partial charge on any atom is -0.469 e. The van der Waals surface area contributed by atoms with Gasteiger partial charge < -0.3 is 30.7 Å². The molecule has 0 unspecified atom stereocenters. The first-order valence-electron chi connectivity index (χ1n) is 18.9.